The molecule has 2 heteroatoms. The monoisotopic (exact) mass is 206 g/mol. The number of aliphatic hydroxyl groups is 1. The molecular formula is C13H23BO. The lowest BCUT2D eigenvalue weighted by molar-refractivity contribution is -0.0804. The zero-order chi connectivity index (χ0) is 10.7. The van der Waals surface area contributed by atoms with E-state index in [-0.39, 0.29) is 0 Å². The zero-order valence-corrected chi connectivity index (χ0v) is 10.1. The van der Waals surface area contributed by atoms with Crippen LogP contribution in [0.2, 0.25) is 0 Å². The zero-order valence-electron chi connectivity index (χ0n) is 10.1. The fraction of sp³-hybridized carbons (Fsp3) is 1.00. The van der Waals surface area contributed by atoms with Crippen LogP contribution in [-0.2, 0) is 0 Å². The molecular weight excluding hydrogens is 183 g/mol. The van der Waals surface area contributed by atoms with Crippen LogP contribution in [0.4, 0.5) is 0 Å². The van der Waals surface area contributed by atoms with Gasteiger partial charge in [-0.1, -0.05) is 0 Å². The number of rotatable bonds is 2. The van der Waals surface area contributed by atoms with Gasteiger partial charge < -0.3 is 5.11 Å². The minimum absolute atomic E-state index is 0.453. The Morgan fingerprint density at radius 3 is 1.87 bits per heavy atom. The van der Waals surface area contributed by atoms with E-state index in [0.717, 1.165) is 24.2 Å². The number of hydrogen-bond acceptors (Lipinski definition) is 1. The topological polar surface area (TPSA) is 20.2 Å². The summed E-state index contributed by atoms with van der Waals surface area (Å²) in [6.45, 7) is 1.99. The largest absolute Gasteiger partial charge is 0.399 e. The molecule has 4 aliphatic rings. The molecule has 0 spiro atoms. The first-order valence-electron chi connectivity index (χ1n) is 6.67. The first kappa shape index (κ1) is 10.2. The maximum absolute atomic E-state index is 10.1. The molecule has 0 radical (unpaired) electrons. The van der Waals surface area contributed by atoms with E-state index in [1.165, 1.54) is 38.5 Å². The average Bonchev–Trinajstić information content (AvgIpc) is 1.94. The Labute approximate surface area is 94.0 Å². The second kappa shape index (κ2) is 3.03. The molecule has 1 N–H and O–H groups in total. The predicted octanol–water partition coefficient (Wildman–Crippen LogP) is 1.93. The lowest BCUT2D eigenvalue weighted by Gasteiger charge is -2.58. The molecule has 0 saturated heterocycles. The van der Waals surface area contributed by atoms with Crippen molar-refractivity contribution >= 4 is 7.85 Å². The smallest absolute Gasteiger partial charge is 0.142 e. The van der Waals surface area contributed by atoms with Crippen molar-refractivity contribution in [2.45, 2.75) is 57.4 Å². The Kier molecular flexibility index (Phi) is 2.06. The van der Waals surface area contributed by atoms with Crippen LogP contribution in [0, 0.1) is 23.2 Å². The third kappa shape index (κ3) is 1.86. The molecule has 4 fully saturated rings. The third-order valence-corrected chi connectivity index (χ3v) is 4.97. The van der Waals surface area contributed by atoms with Gasteiger partial charge in [-0.05, 0) is 75.0 Å². The quantitative estimate of drug-likeness (QED) is 0.684. The van der Waals surface area contributed by atoms with Crippen molar-refractivity contribution in [2.24, 2.45) is 23.2 Å². The molecule has 0 heterocycles. The molecule has 4 saturated carbocycles. The van der Waals surface area contributed by atoms with Gasteiger partial charge in [0.15, 0.2) is 0 Å². The molecule has 1 nitrogen and oxygen atoms in total. The maximum atomic E-state index is 10.1. The van der Waals surface area contributed by atoms with Crippen molar-refractivity contribution < 1.29 is 5.11 Å². The van der Waals surface area contributed by atoms with Crippen LogP contribution >= 0.6 is 0 Å². The van der Waals surface area contributed by atoms with Gasteiger partial charge in [-0.25, -0.2) is 0 Å². The van der Waals surface area contributed by atoms with Gasteiger partial charge >= 0.3 is 0 Å². The van der Waals surface area contributed by atoms with Crippen molar-refractivity contribution in [3.8, 4) is 0 Å². The van der Waals surface area contributed by atoms with E-state index in [1.807, 2.05) is 14.8 Å². The fourth-order valence-electron chi connectivity index (χ4n) is 5.42. The highest BCUT2D eigenvalue weighted by Gasteiger charge is 2.51. The summed E-state index contributed by atoms with van der Waals surface area (Å²) in [6, 6.07) is 0. The lowest BCUT2D eigenvalue weighted by atomic mass is 9.47. The first-order valence-corrected chi connectivity index (χ1v) is 6.67. The summed E-state index contributed by atoms with van der Waals surface area (Å²) in [5.74, 6) is 3.04. The van der Waals surface area contributed by atoms with Gasteiger partial charge in [0.05, 0.1) is 0 Å². The van der Waals surface area contributed by atoms with Gasteiger partial charge in [-0.3, -0.25) is 0 Å². The van der Waals surface area contributed by atoms with Crippen LogP contribution in [-0.4, -0.2) is 18.5 Å². The molecule has 0 aromatic rings. The van der Waals surface area contributed by atoms with Gasteiger partial charge in [0, 0.05) is 5.50 Å². The van der Waals surface area contributed by atoms with E-state index in [0.29, 0.717) is 5.41 Å². The van der Waals surface area contributed by atoms with Crippen LogP contribution < -0.4 is 0 Å². The van der Waals surface area contributed by atoms with Crippen LogP contribution in [0.3, 0.4) is 0 Å². The van der Waals surface area contributed by atoms with E-state index in [9.17, 15) is 5.11 Å². The highest BCUT2D eigenvalue weighted by atomic mass is 16.3. The molecule has 1 unspecified atom stereocenters. The van der Waals surface area contributed by atoms with Crippen LogP contribution in [0.15, 0.2) is 0 Å². The summed E-state index contributed by atoms with van der Waals surface area (Å²) in [4.78, 5) is 0. The molecule has 1 atom stereocenters. The highest BCUT2D eigenvalue weighted by molar-refractivity contribution is 6.13. The molecule has 0 amide bonds. The number of hydrogen-bond donors (Lipinski definition) is 1. The van der Waals surface area contributed by atoms with Gasteiger partial charge in [0.1, 0.15) is 7.85 Å². The molecule has 0 aromatic carbocycles. The second-order valence-electron chi connectivity index (χ2n) is 7.41. The third-order valence-electron chi connectivity index (χ3n) is 4.97. The van der Waals surface area contributed by atoms with E-state index in [4.69, 9.17) is 0 Å². The summed E-state index contributed by atoms with van der Waals surface area (Å²) in [6.07, 6.45) is 9.82. The van der Waals surface area contributed by atoms with Gasteiger partial charge in [0.25, 0.3) is 0 Å². The molecule has 15 heavy (non-hydrogen) atoms. The van der Waals surface area contributed by atoms with Gasteiger partial charge in [-0.15, -0.1) is 0 Å². The minimum Gasteiger partial charge on any atom is -0.399 e. The average molecular weight is 206 g/mol. The predicted molar refractivity (Wildman–Crippen MR) is 64.4 cm³/mol. The van der Waals surface area contributed by atoms with Crippen molar-refractivity contribution in [1.29, 1.82) is 0 Å². The van der Waals surface area contributed by atoms with Gasteiger partial charge in [-0.2, -0.15) is 0 Å². The normalized spacial score (nSPS) is 51.7. The molecule has 4 aliphatic carbocycles. The molecule has 84 valence electrons. The van der Waals surface area contributed by atoms with Crippen LogP contribution in [0.5, 0.6) is 0 Å². The molecule has 0 aromatic heterocycles. The Hall–Kier alpha value is 0.0249. The van der Waals surface area contributed by atoms with E-state index >= 15 is 0 Å². The summed E-state index contributed by atoms with van der Waals surface area (Å²) in [7, 11) is 1.99. The van der Waals surface area contributed by atoms with Crippen molar-refractivity contribution in [3.05, 3.63) is 0 Å². The molecule has 0 aliphatic heterocycles. The van der Waals surface area contributed by atoms with E-state index in [1.54, 1.807) is 0 Å². The highest BCUT2D eigenvalue weighted by Crippen LogP contribution is 2.62. The summed E-state index contributed by atoms with van der Waals surface area (Å²) < 4.78 is 0. The summed E-state index contributed by atoms with van der Waals surface area (Å²) in [5, 5.41) is 10.1. The minimum atomic E-state index is -0.453. The Balaban J connectivity index is 1.81. The van der Waals surface area contributed by atoms with Crippen molar-refractivity contribution in [1.82, 2.24) is 0 Å². The SMILES string of the molecule is BC(C)(O)CC12CC3CC(CC(C3)C1)C2. The van der Waals surface area contributed by atoms with Crippen molar-refractivity contribution in [2.75, 3.05) is 0 Å². The lowest BCUT2D eigenvalue weighted by Crippen LogP contribution is -2.49. The first-order chi connectivity index (χ1) is 6.94. The van der Waals surface area contributed by atoms with Crippen molar-refractivity contribution in [3.63, 3.8) is 0 Å². The second-order valence-corrected chi connectivity index (χ2v) is 7.41. The van der Waals surface area contributed by atoms with Crippen LogP contribution in [0.1, 0.15) is 51.9 Å². The van der Waals surface area contributed by atoms with E-state index < -0.39 is 5.50 Å². The van der Waals surface area contributed by atoms with Crippen LogP contribution in [0.25, 0.3) is 0 Å². The molecule has 4 rings (SSSR count). The van der Waals surface area contributed by atoms with Gasteiger partial charge in [0.2, 0.25) is 0 Å². The standard InChI is InChI=1S/C13H23BO/c1-12(14,15)8-13-5-9-2-10(6-13)4-11(3-9)7-13/h9-11,15H,2-8,14H2,1H3. The summed E-state index contributed by atoms with van der Waals surface area (Å²) >= 11 is 0. The molecule has 4 bridgehead atoms. The summed E-state index contributed by atoms with van der Waals surface area (Å²) in [5.41, 5.74) is 0.0820. The Morgan fingerprint density at radius 2 is 1.53 bits per heavy atom. The maximum Gasteiger partial charge on any atom is 0.142 e. The Morgan fingerprint density at radius 1 is 1.13 bits per heavy atom. The van der Waals surface area contributed by atoms with E-state index in [2.05, 4.69) is 0 Å². The fourth-order valence-corrected chi connectivity index (χ4v) is 5.42. The Bertz CT molecular complexity index is 231.